The summed E-state index contributed by atoms with van der Waals surface area (Å²) in [6.45, 7) is 1.01. The Morgan fingerprint density at radius 2 is 1.75 bits per heavy atom. The zero-order chi connectivity index (χ0) is 2.83. The van der Waals surface area contributed by atoms with Gasteiger partial charge in [-0.2, -0.15) is 0 Å². The molecule has 0 amide bonds. The summed E-state index contributed by atoms with van der Waals surface area (Å²) < 4.78 is 0. The van der Waals surface area contributed by atoms with E-state index in [2.05, 4.69) is 9.96 Å². The summed E-state index contributed by atoms with van der Waals surface area (Å²) in [7, 11) is 0.821. The average Bonchev–Trinajstić information content (AvgIpc) is 0.722. The molecule has 22 valence electrons. The first-order chi connectivity index (χ1) is 2.00. The van der Waals surface area contributed by atoms with Gasteiger partial charge in [-0.05, 0) is 0 Å². The van der Waals surface area contributed by atoms with Crippen LogP contribution < -0.4 is 9.96 Å². The quantitative estimate of drug-likeness (QED) is 0.346. The Hall–Kier alpha value is 0.137. The van der Waals surface area contributed by atoms with Crippen LogP contribution in [0.15, 0.2) is 0 Å². The highest BCUT2D eigenvalue weighted by molar-refractivity contribution is 6.31. The van der Waals surface area contributed by atoms with Crippen molar-refractivity contribution in [2.75, 3.05) is 6.67 Å². The van der Waals surface area contributed by atoms with Gasteiger partial charge in [0.1, 0.15) is 0 Å². The van der Waals surface area contributed by atoms with Gasteiger partial charge in [-0.3, -0.25) is 0 Å². The van der Waals surface area contributed by atoms with Crippen LogP contribution in [0.25, 0.3) is 0 Å². The van der Waals surface area contributed by atoms with E-state index in [1.54, 1.807) is 0 Å². The largest absolute Gasteiger partial charge is 0.314 e. The lowest BCUT2D eigenvalue weighted by Gasteiger charge is -2.10. The number of nitrogens with one attached hydrogen (secondary N) is 2. The summed E-state index contributed by atoms with van der Waals surface area (Å²) in [6, 6.07) is 0. The molecule has 1 heterocycles. The van der Waals surface area contributed by atoms with Gasteiger partial charge in [0.15, 0.2) is 0 Å². The average molecular weight is 72.1 g/mol. The highest BCUT2D eigenvalue weighted by Gasteiger charge is 1.93. The Kier molecular flexibility index (Phi) is 0.498. The van der Waals surface area contributed by atoms with Crippen LogP contribution in [0.5, 0.6) is 0 Å². The Bertz CT molecular complexity index is 14.0. The van der Waals surface area contributed by atoms with Crippen molar-refractivity contribution in [2.45, 2.75) is 0 Å². The lowest BCUT2D eigenvalue weighted by Crippen LogP contribution is -2.51. The molecule has 3 heteroatoms. The minimum absolute atomic E-state index is 0.821. The molecule has 2 nitrogen and oxygen atoms in total. The van der Waals surface area contributed by atoms with E-state index in [-0.39, 0.29) is 0 Å². The van der Waals surface area contributed by atoms with Crippen molar-refractivity contribution in [1.29, 1.82) is 0 Å². The highest BCUT2D eigenvalue weighted by atomic mass is 28.2. The number of hydrogen-bond donors (Lipinski definition) is 2. The summed E-state index contributed by atoms with van der Waals surface area (Å²) in [6.07, 6.45) is 0. The fourth-order valence-electron chi connectivity index (χ4n) is 0.0884. The Morgan fingerprint density at radius 3 is 1.75 bits per heavy atom. The van der Waals surface area contributed by atoms with E-state index in [1.807, 2.05) is 0 Å². The smallest absolute Gasteiger partial charge is 0.247 e. The molecular weight excluding hydrogens is 68.1 g/mol. The van der Waals surface area contributed by atoms with E-state index < -0.39 is 0 Å². The van der Waals surface area contributed by atoms with Gasteiger partial charge >= 0.3 is 0 Å². The molecule has 1 rings (SSSR count). The number of rotatable bonds is 0. The van der Waals surface area contributed by atoms with Crippen molar-refractivity contribution in [3.8, 4) is 0 Å². The van der Waals surface area contributed by atoms with Crippen LogP contribution in [0.2, 0.25) is 0 Å². The van der Waals surface area contributed by atoms with Crippen LogP contribution >= 0.6 is 0 Å². The van der Waals surface area contributed by atoms with E-state index in [0.717, 1.165) is 16.5 Å². The second-order valence-corrected chi connectivity index (χ2v) is 1.61. The van der Waals surface area contributed by atoms with Gasteiger partial charge in [-0.25, -0.2) is 0 Å². The molecule has 0 spiro atoms. The van der Waals surface area contributed by atoms with E-state index in [0.29, 0.717) is 0 Å². The van der Waals surface area contributed by atoms with Crippen molar-refractivity contribution in [3.63, 3.8) is 0 Å². The Labute approximate surface area is 27.6 Å². The van der Waals surface area contributed by atoms with E-state index in [9.17, 15) is 0 Å². The van der Waals surface area contributed by atoms with Crippen LogP contribution in [-0.2, 0) is 0 Å². The number of hydrogen-bond acceptors (Lipinski definition) is 2. The molecule has 0 unspecified atom stereocenters. The van der Waals surface area contributed by atoms with Gasteiger partial charge in [-0.1, -0.05) is 0 Å². The third kappa shape index (κ3) is 0.161. The van der Waals surface area contributed by atoms with Gasteiger partial charge in [-0.15, -0.1) is 0 Å². The Balaban J connectivity index is 2.00. The molecule has 0 aromatic heterocycles. The minimum atomic E-state index is 0.821. The predicted octanol–water partition coefficient (Wildman–Crippen LogP) is -1.33. The first kappa shape index (κ1) is 2.38. The van der Waals surface area contributed by atoms with E-state index in [1.165, 1.54) is 0 Å². The third-order valence-corrected chi connectivity index (χ3v) is 1.06. The predicted molar refractivity (Wildman–Crippen MR) is 16.9 cm³/mol. The van der Waals surface area contributed by atoms with Crippen molar-refractivity contribution in [2.24, 2.45) is 0 Å². The fourth-order valence-corrected chi connectivity index (χ4v) is 0.265. The molecule has 1 saturated heterocycles. The van der Waals surface area contributed by atoms with Crippen molar-refractivity contribution in [1.82, 2.24) is 9.96 Å². The standard InChI is InChI=1S/CH4N2Si/c1-2-4-3-1/h2-3H,1H2. The topological polar surface area (TPSA) is 24.1 Å². The summed E-state index contributed by atoms with van der Waals surface area (Å²) in [5.41, 5.74) is 0. The molecule has 0 aromatic rings. The molecule has 2 radical (unpaired) electrons. The van der Waals surface area contributed by atoms with Crippen LogP contribution in [-0.4, -0.2) is 16.5 Å². The summed E-state index contributed by atoms with van der Waals surface area (Å²) >= 11 is 0. The molecular formula is CH4N2Si. The highest BCUT2D eigenvalue weighted by Crippen LogP contribution is 1.51. The van der Waals surface area contributed by atoms with Crippen molar-refractivity contribution in [3.05, 3.63) is 0 Å². The summed E-state index contributed by atoms with van der Waals surface area (Å²) in [5, 5.41) is 0. The maximum absolute atomic E-state index is 3.03. The molecule has 0 aromatic carbocycles. The van der Waals surface area contributed by atoms with E-state index >= 15 is 0 Å². The maximum atomic E-state index is 3.03. The molecule has 1 aliphatic heterocycles. The van der Waals surface area contributed by atoms with Gasteiger partial charge in [0, 0.05) is 6.67 Å². The van der Waals surface area contributed by atoms with Gasteiger partial charge < -0.3 is 9.96 Å². The molecule has 0 bridgehead atoms. The first-order valence-electron chi connectivity index (χ1n) is 1.21. The fraction of sp³-hybridized carbons (Fsp3) is 1.00. The molecule has 0 atom stereocenters. The van der Waals surface area contributed by atoms with E-state index in [4.69, 9.17) is 0 Å². The summed E-state index contributed by atoms with van der Waals surface area (Å²) in [4.78, 5) is 6.06. The molecule has 2 N–H and O–H groups in total. The molecule has 0 aliphatic carbocycles. The molecule has 0 saturated carbocycles. The second kappa shape index (κ2) is 0.837. The maximum Gasteiger partial charge on any atom is 0.247 e. The van der Waals surface area contributed by atoms with Crippen LogP contribution in [0, 0.1) is 0 Å². The van der Waals surface area contributed by atoms with Crippen LogP contribution in [0.3, 0.4) is 0 Å². The van der Waals surface area contributed by atoms with Crippen LogP contribution in [0.1, 0.15) is 0 Å². The van der Waals surface area contributed by atoms with Crippen LogP contribution in [0.4, 0.5) is 0 Å². The van der Waals surface area contributed by atoms with Crippen molar-refractivity contribution < 1.29 is 0 Å². The van der Waals surface area contributed by atoms with Gasteiger partial charge in [0.2, 0.25) is 9.84 Å². The zero-order valence-electron chi connectivity index (χ0n) is 2.21. The SMILES string of the molecule is C1N[Si]N1. The molecule has 4 heavy (non-hydrogen) atoms. The first-order valence-corrected chi connectivity index (χ1v) is 2.21. The van der Waals surface area contributed by atoms with Gasteiger partial charge in [0.25, 0.3) is 0 Å². The minimum Gasteiger partial charge on any atom is -0.314 e. The summed E-state index contributed by atoms with van der Waals surface area (Å²) in [5.74, 6) is 0. The van der Waals surface area contributed by atoms with Gasteiger partial charge in [0.05, 0.1) is 0 Å². The third-order valence-electron chi connectivity index (χ3n) is 0.354. The monoisotopic (exact) mass is 72.0 g/mol. The lowest BCUT2D eigenvalue weighted by atomic mass is 11.3. The second-order valence-electron chi connectivity index (χ2n) is 0.655. The normalized spacial score (nSPS) is 24.0. The molecule has 1 aliphatic rings. The molecule has 1 fully saturated rings. The lowest BCUT2D eigenvalue weighted by molar-refractivity contribution is 0.767. The van der Waals surface area contributed by atoms with Crippen molar-refractivity contribution >= 4 is 9.84 Å². The Morgan fingerprint density at radius 1 is 1.50 bits per heavy atom. The zero-order valence-corrected chi connectivity index (χ0v) is 3.21.